The highest BCUT2D eigenvalue weighted by atomic mass is 16.5. The van der Waals surface area contributed by atoms with Gasteiger partial charge in [0.2, 0.25) is 0 Å². The highest BCUT2D eigenvalue weighted by Crippen LogP contribution is 2.15. The Morgan fingerprint density at radius 1 is 1.00 bits per heavy atom. The van der Waals surface area contributed by atoms with E-state index < -0.39 is 6.09 Å². The number of hydrogen-bond acceptors (Lipinski definition) is 3. The van der Waals surface area contributed by atoms with Crippen LogP contribution in [0.3, 0.4) is 0 Å². The second-order valence-electron chi connectivity index (χ2n) is 4.99. The maximum atomic E-state index is 11.6. The van der Waals surface area contributed by atoms with Crippen LogP contribution in [-0.2, 0) is 4.74 Å². The summed E-state index contributed by atoms with van der Waals surface area (Å²) in [5.74, 6) is 0.795. The van der Waals surface area contributed by atoms with Gasteiger partial charge >= 0.3 is 6.09 Å². The largest absolute Gasteiger partial charge is 0.494 e. The van der Waals surface area contributed by atoms with Gasteiger partial charge in [-0.05, 0) is 37.6 Å². The minimum atomic E-state index is -0.396. The van der Waals surface area contributed by atoms with Crippen molar-refractivity contribution < 1.29 is 14.3 Å². The van der Waals surface area contributed by atoms with Gasteiger partial charge in [-0.15, -0.1) is 0 Å². The summed E-state index contributed by atoms with van der Waals surface area (Å²) in [6.07, 6.45) is 6.69. The molecule has 0 aliphatic rings. The first-order valence-corrected chi connectivity index (χ1v) is 7.93. The predicted molar refractivity (Wildman–Crippen MR) is 86.0 cm³/mol. The number of carbonyl (C=O) groups excluding carboxylic acids is 1. The van der Waals surface area contributed by atoms with Crippen molar-refractivity contribution in [2.75, 3.05) is 18.5 Å². The Bertz CT molecular complexity index is 390. The van der Waals surface area contributed by atoms with Gasteiger partial charge in [0.25, 0.3) is 0 Å². The molecule has 21 heavy (non-hydrogen) atoms. The highest BCUT2D eigenvalue weighted by molar-refractivity contribution is 5.84. The Morgan fingerprint density at radius 3 is 2.33 bits per heavy atom. The average molecular weight is 293 g/mol. The average Bonchev–Trinajstić information content (AvgIpc) is 2.49. The molecule has 0 bridgehead atoms. The molecule has 0 heterocycles. The van der Waals surface area contributed by atoms with E-state index in [4.69, 9.17) is 9.47 Å². The van der Waals surface area contributed by atoms with Crippen LogP contribution in [0.1, 0.15) is 52.4 Å². The van der Waals surface area contributed by atoms with Crippen LogP contribution in [0.25, 0.3) is 0 Å². The number of ether oxygens (including phenoxy) is 2. The Kier molecular flexibility index (Phi) is 9.09. The molecule has 0 radical (unpaired) electrons. The van der Waals surface area contributed by atoms with Crippen LogP contribution in [0.4, 0.5) is 10.5 Å². The summed E-state index contributed by atoms with van der Waals surface area (Å²) < 4.78 is 10.5. The summed E-state index contributed by atoms with van der Waals surface area (Å²) in [6, 6.07) is 7.26. The van der Waals surface area contributed by atoms with Crippen molar-refractivity contribution in [2.24, 2.45) is 0 Å². The number of unbranched alkanes of at least 4 members (excludes halogenated alkanes) is 5. The van der Waals surface area contributed by atoms with Crippen LogP contribution >= 0.6 is 0 Å². The smallest absolute Gasteiger partial charge is 0.411 e. The van der Waals surface area contributed by atoms with E-state index in [1.807, 2.05) is 19.1 Å². The lowest BCUT2D eigenvalue weighted by atomic mass is 10.1. The van der Waals surface area contributed by atoms with Gasteiger partial charge in [0, 0.05) is 5.69 Å². The van der Waals surface area contributed by atoms with E-state index in [9.17, 15) is 4.79 Å². The fourth-order valence-electron chi connectivity index (χ4n) is 2.00. The minimum absolute atomic E-state index is 0.396. The Hall–Kier alpha value is -1.71. The monoisotopic (exact) mass is 293 g/mol. The van der Waals surface area contributed by atoms with Gasteiger partial charge in [0.05, 0.1) is 13.2 Å². The third kappa shape index (κ3) is 8.23. The van der Waals surface area contributed by atoms with E-state index in [-0.39, 0.29) is 0 Å². The molecule has 0 unspecified atom stereocenters. The lowest BCUT2D eigenvalue weighted by Gasteiger charge is -2.08. The van der Waals surface area contributed by atoms with Crippen LogP contribution in [0.2, 0.25) is 0 Å². The predicted octanol–water partition coefficient (Wildman–Crippen LogP) is 4.99. The molecule has 0 atom stereocenters. The summed E-state index contributed by atoms with van der Waals surface area (Å²) in [6.45, 7) is 5.25. The molecular formula is C17H27NO3. The Labute approximate surface area is 127 Å². The van der Waals surface area contributed by atoms with Gasteiger partial charge in [0.15, 0.2) is 0 Å². The normalized spacial score (nSPS) is 10.2. The molecule has 0 aliphatic carbocycles. The number of rotatable bonds is 10. The first-order valence-electron chi connectivity index (χ1n) is 7.93. The molecule has 1 amide bonds. The molecule has 0 fully saturated rings. The summed E-state index contributed by atoms with van der Waals surface area (Å²) in [5.41, 5.74) is 0.714. The van der Waals surface area contributed by atoms with Crippen LogP contribution in [-0.4, -0.2) is 19.3 Å². The van der Waals surface area contributed by atoms with Crippen molar-refractivity contribution in [1.29, 1.82) is 0 Å². The second-order valence-corrected chi connectivity index (χ2v) is 4.99. The molecule has 0 aromatic heterocycles. The molecule has 4 heteroatoms. The first-order chi connectivity index (χ1) is 10.3. The molecule has 0 aliphatic heterocycles. The number of hydrogen-bond donors (Lipinski definition) is 1. The van der Waals surface area contributed by atoms with Crippen LogP contribution in [0, 0.1) is 0 Å². The van der Waals surface area contributed by atoms with Crippen LogP contribution in [0.15, 0.2) is 24.3 Å². The molecule has 1 rings (SSSR count). The molecule has 0 saturated carbocycles. The number of carbonyl (C=O) groups is 1. The summed E-state index contributed by atoms with van der Waals surface area (Å²) >= 11 is 0. The van der Waals surface area contributed by atoms with Gasteiger partial charge < -0.3 is 9.47 Å². The van der Waals surface area contributed by atoms with Crippen LogP contribution < -0.4 is 10.1 Å². The first kappa shape index (κ1) is 17.3. The number of benzene rings is 1. The van der Waals surface area contributed by atoms with Crippen molar-refractivity contribution in [3.8, 4) is 5.75 Å². The van der Waals surface area contributed by atoms with Gasteiger partial charge in [-0.25, -0.2) is 4.79 Å². The molecule has 118 valence electrons. The fraction of sp³-hybridized carbons (Fsp3) is 0.588. The fourth-order valence-corrected chi connectivity index (χ4v) is 2.00. The van der Waals surface area contributed by atoms with Gasteiger partial charge in [0.1, 0.15) is 5.75 Å². The standard InChI is InChI=1S/C17H27NO3/c1-3-5-6-7-8-9-14-21-17(19)18-15-10-12-16(13-11-15)20-4-2/h10-13H,3-9,14H2,1-2H3,(H,18,19). The SMILES string of the molecule is CCCCCCCCOC(=O)Nc1ccc(OCC)cc1. The van der Waals surface area contributed by atoms with E-state index in [2.05, 4.69) is 12.2 Å². The van der Waals surface area contributed by atoms with Crippen molar-refractivity contribution in [3.05, 3.63) is 24.3 Å². The topological polar surface area (TPSA) is 47.6 Å². The summed E-state index contributed by atoms with van der Waals surface area (Å²) in [5, 5.41) is 2.71. The summed E-state index contributed by atoms with van der Waals surface area (Å²) in [7, 11) is 0. The molecule has 0 saturated heterocycles. The number of amides is 1. The van der Waals surface area contributed by atoms with Crippen molar-refractivity contribution in [3.63, 3.8) is 0 Å². The third-order valence-corrected chi connectivity index (χ3v) is 3.14. The van der Waals surface area contributed by atoms with E-state index >= 15 is 0 Å². The molecule has 0 spiro atoms. The quantitative estimate of drug-likeness (QED) is 0.618. The number of nitrogens with one attached hydrogen (secondary N) is 1. The zero-order valence-corrected chi connectivity index (χ0v) is 13.2. The lowest BCUT2D eigenvalue weighted by molar-refractivity contribution is 0.159. The van der Waals surface area contributed by atoms with Crippen molar-refractivity contribution in [2.45, 2.75) is 52.4 Å². The van der Waals surface area contributed by atoms with Gasteiger partial charge in [-0.1, -0.05) is 39.0 Å². The zero-order chi connectivity index (χ0) is 15.3. The van der Waals surface area contributed by atoms with Gasteiger partial charge in [-0.2, -0.15) is 0 Å². The zero-order valence-electron chi connectivity index (χ0n) is 13.2. The van der Waals surface area contributed by atoms with Crippen molar-refractivity contribution in [1.82, 2.24) is 0 Å². The minimum Gasteiger partial charge on any atom is -0.494 e. The molecular weight excluding hydrogens is 266 g/mol. The summed E-state index contributed by atoms with van der Waals surface area (Å²) in [4.78, 5) is 11.6. The van der Waals surface area contributed by atoms with E-state index in [1.165, 1.54) is 25.7 Å². The molecule has 1 N–H and O–H groups in total. The van der Waals surface area contributed by atoms with E-state index in [0.717, 1.165) is 18.6 Å². The maximum absolute atomic E-state index is 11.6. The molecule has 4 nitrogen and oxygen atoms in total. The third-order valence-electron chi connectivity index (χ3n) is 3.14. The Morgan fingerprint density at radius 2 is 1.67 bits per heavy atom. The van der Waals surface area contributed by atoms with E-state index in [0.29, 0.717) is 18.9 Å². The second kappa shape index (κ2) is 11.0. The molecule has 1 aromatic carbocycles. The Balaban J connectivity index is 2.12. The maximum Gasteiger partial charge on any atom is 0.411 e. The number of anilines is 1. The van der Waals surface area contributed by atoms with E-state index in [1.54, 1.807) is 12.1 Å². The molecule has 1 aromatic rings. The van der Waals surface area contributed by atoms with Crippen LogP contribution in [0.5, 0.6) is 5.75 Å². The highest BCUT2D eigenvalue weighted by Gasteiger charge is 2.03. The van der Waals surface area contributed by atoms with Crippen molar-refractivity contribution >= 4 is 11.8 Å². The van der Waals surface area contributed by atoms with Gasteiger partial charge in [-0.3, -0.25) is 5.32 Å². The lowest BCUT2D eigenvalue weighted by Crippen LogP contribution is -2.14.